The molecule has 0 radical (unpaired) electrons. The standard InChI is InChI=1S/C22H42O5.Rb/c1-4-5-6-7-8-9-10-11-12-13-14-15-16-17-18-22(3,21(25)26)27-20(24)19(2)23;/h19,23H,4-18H2,1-3H3,(H,25,26);/q;+1/p-1. The van der Waals surface area contributed by atoms with Crippen molar-refractivity contribution in [3.8, 4) is 0 Å². The average molecular weight is 471 g/mol. The van der Waals surface area contributed by atoms with E-state index in [-0.39, 0.29) is 64.6 Å². The first-order valence-corrected chi connectivity index (χ1v) is 11.0. The molecule has 0 spiro atoms. The van der Waals surface area contributed by atoms with Crippen LogP contribution < -0.4 is 63.3 Å². The summed E-state index contributed by atoms with van der Waals surface area (Å²) in [4.78, 5) is 22.7. The topological polar surface area (TPSA) is 86.7 Å². The molecule has 0 heterocycles. The minimum absolute atomic E-state index is 0. The van der Waals surface area contributed by atoms with E-state index in [9.17, 15) is 19.8 Å². The number of hydrogen-bond donors (Lipinski definition) is 1. The SMILES string of the molecule is CCCCCCCCCCCCCCCCC(C)(OC(=O)C(C)O)C(=O)[O-].[Rb+]. The van der Waals surface area contributed by atoms with Gasteiger partial charge in [0.25, 0.3) is 0 Å². The van der Waals surface area contributed by atoms with E-state index in [0.29, 0.717) is 6.42 Å². The molecule has 0 bridgehead atoms. The number of carbonyl (C=O) groups excluding carboxylic acids is 2. The van der Waals surface area contributed by atoms with Gasteiger partial charge in [0, 0.05) is 0 Å². The van der Waals surface area contributed by atoms with E-state index < -0.39 is 23.6 Å². The molecule has 0 aliphatic heterocycles. The molecule has 0 aromatic carbocycles. The maximum atomic E-state index is 11.4. The average Bonchev–Trinajstić information content (AvgIpc) is 2.61. The minimum atomic E-state index is -1.66. The molecule has 2 atom stereocenters. The molecule has 160 valence electrons. The predicted molar refractivity (Wildman–Crippen MR) is 106 cm³/mol. The third-order valence-corrected chi connectivity index (χ3v) is 5.11. The van der Waals surface area contributed by atoms with Gasteiger partial charge >= 0.3 is 64.2 Å². The summed E-state index contributed by atoms with van der Waals surface area (Å²) < 4.78 is 4.92. The van der Waals surface area contributed by atoms with E-state index >= 15 is 0 Å². The second-order valence-corrected chi connectivity index (χ2v) is 7.96. The number of unbranched alkanes of at least 4 members (excludes halogenated alkanes) is 13. The summed E-state index contributed by atoms with van der Waals surface area (Å²) in [6.07, 6.45) is 16.0. The summed E-state index contributed by atoms with van der Waals surface area (Å²) in [5.41, 5.74) is -1.66. The maximum Gasteiger partial charge on any atom is 1.00 e. The third-order valence-electron chi connectivity index (χ3n) is 5.11. The van der Waals surface area contributed by atoms with Gasteiger partial charge in [-0.05, 0) is 26.7 Å². The van der Waals surface area contributed by atoms with Gasteiger partial charge in [-0.15, -0.1) is 0 Å². The molecule has 5 nitrogen and oxygen atoms in total. The van der Waals surface area contributed by atoms with Crippen LogP contribution in [0.15, 0.2) is 0 Å². The summed E-state index contributed by atoms with van der Waals surface area (Å²) in [5, 5.41) is 20.4. The Morgan fingerprint density at radius 1 is 0.857 bits per heavy atom. The second-order valence-electron chi connectivity index (χ2n) is 7.96. The zero-order valence-corrected chi connectivity index (χ0v) is 23.7. The van der Waals surface area contributed by atoms with Crippen molar-refractivity contribution in [2.45, 2.75) is 129 Å². The van der Waals surface area contributed by atoms with Crippen molar-refractivity contribution in [3.63, 3.8) is 0 Å². The fourth-order valence-electron chi connectivity index (χ4n) is 3.16. The number of carboxylic acids is 1. The zero-order chi connectivity index (χ0) is 20.5. The molecule has 0 saturated heterocycles. The number of aliphatic carboxylic acids is 1. The quantitative estimate of drug-likeness (QED) is 0.241. The van der Waals surface area contributed by atoms with Gasteiger partial charge in [-0.2, -0.15) is 0 Å². The van der Waals surface area contributed by atoms with Gasteiger partial charge in [-0.3, -0.25) is 0 Å². The van der Waals surface area contributed by atoms with Crippen LogP contribution in [0.1, 0.15) is 117 Å². The van der Waals surface area contributed by atoms with Gasteiger partial charge in [0.1, 0.15) is 11.7 Å². The number of hydrogen-bond acceptors (Lipinski definition) is 5. The Labute approximate surface area is 221 Å². The van der Waals surface area contributed by atoms with Crippen LogP contribution >= 0.6 is 0 Å². The summed E-state index contributed by atoms with van der Waals surface area (Å²) in [6, 6.07) is 0. The van der Waals surface area contributed by atoms with Gasteiger partial charge in [0.15, 0.2) is 0 Å². The van der Waals surface area contributed by atoms with Crippen molar-refractivity contribution in [3.05, 3.63) is 0 Å². The molecule has 0 rings (SSSR count). The van der Waals surface area contributed by atoms with Crippen molar-refractivity contribution in [2.24, 2.45) is 0 Å². The monoisotopic (exact) mass is 470 g/mol. The van der Waals surface area contributed by atoms with Crippen molar-refractivity contribution < 1.29 is 82.7 Å². The van der Waals surface area contributed by atoms with Crippen molar-refractivity contribution in [1.82, 2.24) is 0 Å². The molecule has 0 amide bonds. The summed E-state index contributed by atoms with van der Waals surface area (Å²) in [6.45, 7) is 4.84. The van der Waals surface area contributed by atoms with Crippen LogP contribution in [-0.4, -0.2) is 28.8 Å². The molecule has 0 aromatic rings. The number of aliphatic hydroxyl groups is 1. The normalized spacial score (nSPS) is 14.0. The number of rotatable bonds is 18. The van der Waals surface area contributed by atoms with Crippen LogP contribution in [-0.2, 0) is 14.3 Å². The first-order valence-electron chi connectivity index (χ1n) is 11.0. The number of esters is 1. The molecule has 6 heteroatoms. The van der Waals surface area contributed by atoms with E-state index in [0.717, 1.165) is 19.3 Å². The predicted octanol–water partition coefficient (Wildman–Crippen LogP) is 1.29. The van der Waals surface area contributed by atoms with Crippen molar-refractivity contribution in [1.29, 1.82) is 0 Å². The van der Waals surface area contributed by atoms with Crippen LogP contribution in [0.5, 0.6) is 0 Å². The van der Waals surface area contributed by atoms with Gasteiger partial charge < -0.3 is 19.7 Å². The molecular formula is C22H41O5Rb. The first-order chi connectivity index (χ1) is 12.8. The van der Waals surface area contributed by atoms with E-state index in [4.69, 9.17) is 4.74 Å². The van der Waals surface area contributed by atoms with E-state index in [1.54, 1.807) is 0 Å². The van der Waals surface area contributed by atoms with Crippen molar-refractivity contribution in [2.75, 3.05) is 0 Å². The minimum Gasteiger partial charge on any atom is -0.546 e. The largest absolute Gasteiger partial charge is 1.00 e. The molecule has 0 saturated carbocycles. The van der Waals surface area contributed by atoms with E-state index in [1.165, 1.54) is 78.1 Å². The first kappa shape index (κ1) is 30.9. The molecule has 0 aliphatic rings. The fraction of sp³-hybridized carbons (Fsp3) is 0.909. The maximum absolute atomic E-state index is 11.4. The van der Waals surface area contributed by atoms with Crippen molar-refractivity contribution >= 4 is 11.9 Å². The molecule has 28 heavy (non-hydrogen) atoms. The Hall–Kier alpha value is 0.705. The van der Waals surface area contributed by atoms with E-state index in [2.05, 4.69) is 6.92 Å². The second kappa shape index (κ2) is 19.7. The van der Waals surface area contributed by atoms with Crippen LogP contribution in [0.25, 0.3) is 0 Å². The van der Waals surface area contributed by atoms with Crippen LogP contribution in [0.2, 0.25) is 0 Å². The number of aliphatic hydroxyl groups excluding tert-OH is 1. The molecule has 0 aromatic heterocycles. The Balaban J connectivity index is 0. The van der Waals surface area contributed by atoms with Gasteiger partial charge in [-0.1, -0.05) is 90.4 Å². The summed E-state index contributed by atoms with van der Waals surface area (Å²) in [5.74, 6) is -2.33. The molecular weight excluding hydrogens is 430 g/mol. The molecule has 2 unspecified atom stereocenters. The van der Waals surface area contributed by atoms with Crippen LogP contribution in [0.3, 0.4) is 0 Å². The van der Waals surface area contributed by atoms with Crippen LogP contribution in [0.4, 0.5) is 0 Å². The Morgan fingerprint density at radius 3 is 1.54 bits per heavy atom. The Bertz CT molecular complexity index is 400. The Kier molecular flexibility index (Phi) is 21.7. The third kappa shape index (κ3) is 16.5. The fourth-order valence-corrected chi connectivity index (χ4v) is 3.16. The number of ether oxygens (including phenoxy) is 1. The molecule has 0 aliphatic carbocycles. The molecule has 0 fully saturated rings. The summed E-state index contributed by atoms with van der Waals surface area (Å²) >= 11 is 0. The molecule has 1 N–H and O–H groups in total. The summed E-state index contributed by atoms with van der Waals surface area (Å²) in [7, 11) is 0. The zero-order valence-electron chi connectivity index (χ0n) is 18.8. The Morgan fingerprint density at radius 2 is 1.21 bits per heavy atom. The van der Waals surface area contributed by atoms with Crippen LogP contribution in [0, 0.1) is 0 Å². The smallest absolute Gasteiger partial charge is 0.546 e. The number of carboxylic acid groups (broad SMARTS) is 1. The van der Waals surface area contributed by atoms with Gasteiger partial charge in [0.2, 0.25) is 0 Å². The number of carbonyl (C=O) groups is 2. The van der Waals surface area contributed by atoms with Gasteiger partial charge in [0.05, 0.1) is 5.97 Å². The van der Waals surface area contributed by atoms with E-state index in [1.807, 2.05) is 0 Å². The van der Waals surface area contributed by atoms with Gasteiger partial charge in [-0.25, -0.2) is 4.79 Å².